The van der Waals surface area contributed by atoms with Crippen LogP contribution in [0.5, 0.6) is 0 Å². The molecule has 110 heavy (non-hydrogen) atoms. The fraction of sp³-hybridized carbons (Fsp3) is 0.378. The molecule has 582 valence electrons. The van der Waals surface area contributed by atoms with Crippen LogP contribution in [-0.4, -0.2) is 109 Å². The SMILES string of the molecule is C=C(CCc1c(C)[nH]c(/C=C2\N=C(c3ccc[nH]3)C=C2OC)c1C)OCCCCCCCC.CCCCCC(=O)CCc1c(C)[nH]c(C=C2NC(c3ccc[nH]3)=CC2=O)c1C.CCCCNC(=O)c1c(C)[nH]c(/C=C2\N=C(c3ccc[nH]3)C=C2OC)c1C.CCc1c(C)[nH]c(/C=C2\N=C(c3ccc[nH]3)C=C2OC)c1C. The molecule has 8 aromatic rings. The number of aryl methyl sites for hydroxylation is 4. The first kappa shape index (κ1) is 82.8. The van der Waals surface area contributed by atoms with Crippen LogP contribution in [0.15, 0.2) is 165 Å². The number of aromatic amines is 8. The van der Waals surface area contributed by atoms with Gasteiger partial charge in [0.1, 0.15) is 40.2 Å². The number of allylic oxidation sites excluding steroid dienone is 5. The molecule has 0 saturated carbocycles. The lowest BCUT2D eigenvalue weighted by atomic mass is 10.0. The minimum absolute atomic E-state index is 0.0381. The van der Waals surface area contributed by atoms with Gasteiger partial charge in [-0.05, 0) is 206 Å². The van der Waals surface area contributed by atoms with Crippen molar-refractivity contribution in [2.24, 2.45) is 15.0 Å². The summed E-state index contributed by atoms with van der Waals surface area (Å²) in [6, 6.07) is 15.7. The third-order valence-electron chi connectivity index (χ3n) is 20.3. The van der Waals surface area contributed by atoms with Crippen molar-refractivity contribution in [1.82, 2.24) is 50.5 Å². The van der Waals surface area contributed by atoms with Gasteiger partial charge >= 0.3 is 0 Å². The predicted octanol–water partition coefficient (Wildman–Crippen LogP) is 19.5. The van der Waals surface area contributed by atoms with E-state index in [1.807, 2.05) is 131 Å². The number of nitrogens with zero attached hydrogens (tertiary/aromatic N) is 3. The second-order valence-electron chi connectivity index (χ2n) is 28.2. The molecule has 4 aliphatic heterocycles. The summed E-state index contributed by atoms with van der Waals surface area (Å²) in [6.07, 6.45) is 40.5. The molecule has 1 amide bonds. The maximum atomic E-state index is 12.5. The van der Waals surface area contributed by atoms with Crippen molar-refractivity contribution in [2.75, 3.05) is 34.5 Å². The van der Waals surface area contributed by atoms with E-state index in [0.29, 0.717) is 42.2 Å². The molecule has 20 heteroatoms. The molecule has 10 N–H and O–H groups in total. The molecule has 0 unspecified atom stereocenters. The summed E-state index contributed by atoms with van der Waals surface area (Å²) >= 11 is 0. The fourth-order valence-electron chi connectivity index (χ4n) is 14.0. The molecule has 20 nitrogen and oxygen atoms in total. The summed E-state index contributed by atoms with van der Waals surface area (Å²) in [4.78, 5) is 77.4. The molecule has 8 aromatic heterocycles. The summed E-state index contributed by atoms with van der Waals surface area (Å²) < 4.78 is 22.4. The normalized spacial score (nSPS) is 15.1. The van der Waals surface area contributed by atoms with Crippen LogP contribution in [0, 0.1) is 55.4 Å². The van der Waals surface area contributed by atoms with Gasteiger partial charge in [0.15, 0.2) is 0 Å². The molecule has 12 rings (SSSR count). The molecular formula is C90H115N13O7. The molecule has 0 atom stereocenters. The second-order valence-corrected chi connectivity index (χ2v) is 28.2. The number of carbonyl (C=O) groups is 3. The monoisotopic (exact) mass is 1490 g/mol. The van der Waals surface area contributed by atoms with Crippen LogP contribution in [0.1, 0.15) is 235 Å². The number of methoxy groups -OCH3 is 3. The molecule has 0 radical (unpaired) electrons. The zero-order valence-corrected chi connectivity index (χ0v) is 67.4. The van der Waals surface area contributed by atoms with Gasteiger partial charge in [-0.1, -0.05) is 85.6 Å². The number of ketones is 2. The molecule has 12 heterocycles. The van der Waals surface area contributed by atoms with E-state index in [0.717, 1.165) is 196 Å². The number of carbonyl (C=O) groups excluding carboxylic acids is 3. The van der Waals surface area contributed by atoms with Crippen LogP contribution in [0.2, 0.25) is 0 Å². The highest BCUT2D eigenvalue weighted by molar-refractivity contribution is 6.15. The molecule has 0 saturated heterocycles. The molecule has 0 aromatic carbocycles. The Balaban J connectivity index is 0.000000170. The second kappa shape index (κ2) is 40.8. The molecule has 0 spiro atoms. The number of aromatic nitrogens is 8. The summed E-state index contributed by atoms with van der Waals surface area (Å²) in [5, 5.41) is 6.18. The number of ether oxygens (including phenoxy) is 4. The van der Waals surface area contributed by atoms with Crippen LogP contribution in [0.25, 0.3) is 30.0 Å². The number of aliphatic imine (C=N–C) groups is 3. The summed E-state index contributed by atoms with van der Waals surface area (Å²) in [6.45, 7) is 30.8. The minimum atomic E-state index is -0.0381. The standard InChI is InChI=1S/C28H39N3O2.C23H29N3O2.C21H26N4O2.C18H21N3O/c1-6-7-8-9-10-11-17-33-20(2)14-15-23-21(3)25(30-22(23)4)18-27-28(32-5)19-26(31-27)24-13-12-16-29-24;1-4-5-6-8-17(27)10-11-18-15(2)20(25-16(18)3)13-22-23(28)14-21(26-22)19-9-7-12-24-19;1-5-6-9-23-21(26)20-13(2)16(24-14(20)3)11-18-19(27-4)12-17(25-18)15-8-7-10-22-15;1-5-13-11(2)15(20-12(13)3)9-17-18(22-4)10-16(21-17)14-7-6-8-19-14/h12-13,16,18-19,29-30H,2,6-11,14-15,17H2,1,3-5H3;7,9,12-14,24-26H,4-6,8,10-11H2,1-3H3;7-8,10-12,22,24H,5-6,9H2,1-4H3,(H,23,26);6-10,19-20H,5H2,1-4H3/b27-18-;;18-11-;17-9-. The average Bonchev–Trinajstić information content (AvgIpc) is 1.71. The Morgan fingerprint density at radius 3 is 1.35 bits per heavy atom. The Hall–Kier alpha value is -11.3. The number of hydrogen-bond donors (Lipinski definition) is 10. The summed E-state index contributed by atoms with van der Waals surface area (Å²) in [7, 11) is 4.99. The largest absolute Gasteiger partial charge is 0.499 e. The van der Waals surface area contributed by atoms with Crippen LogP contribution < -0.4 is 10.6 Å². The Morgan fingerprint density at radius 1 is 0.473 bits per heavy atom. The third-order valence-corrected chi connectivity index (χ3v) is 20.3. The lowest BCUT2D eigenvalue weighted by Crippen LogP contribution is -2.25. The predicted molar refractivity (Wildman–Crippen MR) is 448 cm³/mol. The molecule has 4 aliphatic rings. The van der Waals surface area contributed by atoms with Gasteiger partial charge in [-0.3, -0.25) is 14.4 Å². The van der Waals surface area contributed by atoms with Gasteiger partial charge in [-0.15, -0.1) is 0 Å². The quantitative estimate of drug-likeness (QED) is 0.0105. The number of hydrogen-bond acceptors (Lipinski definition) is 11. The first-order valence-electron chi connectivity index (χ1n) is 39.0. The Kier molecular flexibility index (Phi) is 30.7. The first-order valence-corrected chi connectivity index (χ1v) is 39.0. The van der Waals surface area contributed by atoms with Gasteiger partial charge in [0.05, 0.1) is 90.6 Å². The van der Waals surface area contributed by atoms with Gasteiger partial charge in [0.2, 0.25) is 5.78 Å². The number of rotatable bonds is 34. The molecule has 0 bridgehead atoms. The topological polar surface area (TPSA) is 276 Å². The Bertz CT molecular complexity index is 4810. The van der Waals surface area contributed by atoms with Crippen LogP contribution in [-0.2, 0) is 47.8 Å². The van der Waals surface area contributed by atoms with E-state index < -0.39 is 0 Å². The van der Waals surface area contributed by atoms with E-state index in [1.165, 1.54) is 71.3 Å². The van der Waals surface area contributed by atoms with Crippen molar-refractivity contribution in [2.45, 2.75) is 192 Å². The smallest absolute Gasteiger partial charge is 0.253 e. The Morgan fingerprint density at radius 2 is 0.891 bits per heavy atom. The van der Waals surface area contributed by atoms with Crippen molar-refractivity contribution in [3.05, 3.63) is 263 Å². The van der Waals surface area contributed by atoms with Crippen molar-refractivity contribution >= 4 is 64.6 Å². The van der Waals surface area contributed by atoms with Gasteiger partial charge in [-0.2, -0.15) is 0 Å². The molecular weight excluding hydrogens is 1380 g/mol. The van der Waals surface area contributed by atoms with E-state index in [1.54, 1.807) is 27.4 Å². The number of Topliss-reactive ketones (excluding diaryl/α,β-unsaturated/α-hetero) is 1. The van der Waals surface area contributed by atoms with Crippen LogP contribution >= 0.6 is 0 Å². The number of amides is 1. The van der Waals surface area contributed by atoms with Crippen molar-refractivity contribution in [1.29, 1.82) is 0 Å². The highest BCUT2D eigenvalue weighted by Gasteiger charge is 2.25. The van der Waals surface area contributed by atoms with E-state index in [9.17, 15) is 14.4 Å². The average molecular weight is 1490 g/mol. The number of H-pyrrole nitrogens is 8. The summed E-state index contributed by atoms with van der Waals surface area (Å²) in [5.41, 5.74) is 27.5. The van der Waals surface area contributed by atoms with E-state index in [2.05, 4.69) is 130 Å². The molecule has 0 fully saturated rings. The highest BCUT2D eigenvalue weighted by Crippen LogP contribution is 2.33. The Labute approximate surface area is 649 Å². The third kappa shape index (κ3) is 21.8. The van der Waals surface area contributed by atoms with Gasteiger partial charge in [0, 0.05) is 120 Å². The van der Waals surface area contributed by atoms with E-state index in [4.69, 9.17) is 28.9 Å². The van der Waals surface area contributed by atoms with Gasteiger partial charge in [0.25, 0.3) is 5.91 Å². The zero-order chi connectivity index (χ0) is 78.8. The van der Waals surface area contributed by atoms with Gasteiger partial charge < -0.3 is 69.5 Å². The fourth-order valence-corrected chi connectivity index (χ4v) is 14.0. The maximum Gasteiger partial charge on any atom is 0.253 e. The highest BCUT2D eigenvalue weighted by atomic mass is 16.5. The van der Waals surface area contributed by atoms with Crippen LogP contribution in [0.3, 0.4) is 0 Å². The number of nitrogens with one attached hydrogen (secondary N) is 10. The van der Waals surface area contributed by atoms with Crippen LogP contribution in [0.4, 0.5) is 0 Å². The first-order chi connectivity index (χ1) is 53.2. The van der Waals surface area contributed by atoms with Crippen molar-refractivity contribution in [3.8, 4) is 0 Å². The lowest BCUT2D eigenvalue weighted by molar-refractivity contribution is -0.119. The van der Waals surface area contributed by atoms with Crippen molar-refractivity contribution < 1.29 is 33.3 Å². The maximum absolute atomic E-state index is 12.5. The molecule has 0 aliphatic carbocycles. The van der Waals surface area contributed by atoms with Gasteiger partial charge in [-0.25, -0.2) is 15.0 Å². The van der Waals surface area contributed by atoms with Crippen molar-refractivity contribution in [3.63, 3.8) is 0 Å². The minimum Gasteiger partial charge on any atom is -0.499 e. The summed E-state index contributed by atoms with van der Waals surface area (Å²) in [5.74, 6) is 3.39. The number of unbranched alkanes of at least 4 members (excludes halogenated alkanes) is 8. The lowest BCUT2D eigenvalue weighted by Gasteiger charge is -2.10. The van der Waals surface area contributed by atoms with E-state index >= 15 is 0 Å². The zero-order valence-electron chi connectivity index (χ0n) is 67.4. The van der Waals surface area contributed by atoms with E-state index in [-0.39, 0.29) is 11.7 Å².